The van der Waals surface area contributed by atoms with E-state index in [1.54, 1.807) is 0 Å². The molecule has 0 radical (unpaired) electrons. The van der Waals surface area contributed by atoms with Crippen LogP contribution in [0.1, 0.15) is 5.56 Å². The molecule has 0 spiro atoms. The Balaban J connectivity index is 2.52. The van der Waals surface area contributed by atoms with Gasteiger partial charge in [-0.25, -0.2) is 4.39 Å². The van der Waals surface area contributed by atoms with E-state index < -0.39 is 5.82 Å². The van der Waals surface area contributed by atoms with E-state index in [9.17, 15) is 4.39 Å². The molecule has 0 heterocycles. The van der Waals surface area contributed by atoms with Gasteiger partial charge in [0.2, 0.25) is 0 Å². The third kappa shape index (κ3) is 3.61. The van der Waals surface area contributed by atoms with E-state index in [0.717, 1.165) is 4.90 Å². The predicted octanol–water partition coefficient (Wildman–Crippen LogP) is 5.23. The Labute approximate surface area is 141 Å². The lowest BCUT2D eigenvalue weighted by atomic mass is 10.1. The summed E-state index contributed by atoms with van der Waals surface area (Å²) in [6.45, 7) is 0. The molecule has 2 aromatic carbocycles. The van der Waals surface area contributed by atoms with Crippen LogP contribution < -0.4 is 11.1 Å². The van der Waals surface area contributed by atoms with Crippen molar-refractivity contribution in [1.82, 2.24) is 0 Å². The number of halogens is 3. The van der Waals surface area contributed by atoms with Crippen molar-refractivity contribution in [3.8, 4) is 0 Å². The summed E-state index contributed by atoms with van der Waals surface area (Å²) in [6.07, 6.45) is 1.93. The van der Waals surface area contributed by atoms with Gasteiger partial charge >= 0.3 is 0 Å². The predicted molar refractivity (Wildman–Crippen MR) is 93.8 cm³/mol. The molecule has 0 atom stereocenters. The van der Waals surface area contributed by atoms with E-state index in [0.29, 0.717) is 16.9 Å². The topological polar surface area (TPSA) is 38.0 Å². The summed E-state index contributed by atoms with van der Waals surface area (Å²) < 4.78 is 13.2. The summed E-state index contributed by atoms with van der Waals surface area (Å²) >= 11 is 18.7. The maximum atomic E-state index is 13.2. The molecule has 0 amide bonds. The second-order valence-electron chi connectivity index (χ2n) is 4.12. The van der Waals surface area contributed by atoms with Gasteiger partial charge in [0.25, 0.3) is 0 Å². The summed E-state index contributed by atoms with van der Waals surface area (Å²) in [5, 5.41) is 3.45. The number of thioether (sulfide) groups is 1. The molecule has 110 valence electrons. The first-order valence-electron chi connectivity index (χ1n) is 5.82. The van der Waals surface area contributed by atoms with Gasteiger partial charge in [-0.1, -0.05) is 41.5 Å². The molecular weight excluding hydrogens is 350 g/mol. The molecule has 0 unspecified atom stereocenters. The molecule has 2 rings (SSSR count). The highest BCUT2D eigenvalue weighted by Crippen LogP contribution is 2.36. The molecule has 0 bridgehead atoms. The summed E-state index contributed by atoms with van der Waals surface area (Å²) in [5.74, 6) is -0.497. The average molecular weight is 361 g/mol. The second-order valence-corrected chi connectivity index (χ2v) is 6.22. The normalized spacial score (nSPS) is 10.5. The summed E-state index contributed by atoms with van der Waals surface area (Å²) in [5.41, 5.74) is 7.59. The Morgan fingerprint density at radius 2 is 1.90 bits per heavy atom. The van der Waals surface area contributed by atoms with Crippen molar-refractivity contribution in [2.45, 2.75) is 4.90 Å². The smallest absolute Gasteiger partial charge is 0.126 e. The molecule has 0 saturated heterocycles. The number of nitrogens with two attached hydrogens (primary N) is 1. The van der Waals surface area contributed by atoms with Crippen molar-refractivity contribution >= 4 is 63.5 Å². The molecule has 7 heteroatoms. The Morgan fingerprint density at radius 3 is 2.43 bits per heavy atom. The number of hydrogen-bond acceptors (Lipinski definition) is 3. The fourth-order valence-corrected chi connectivity index (χ4v) is 3.33. The lowest BCUT2D eigenvalue weighted by molar-refractivity contribution is 0.628. The molecule has 0 fully saturated rings. The van der Waals surface area contributed by atoms with Crippen LogP contribution in [0.4, 0.5) is 15.8 Å². The highest BCUT2D eigenvalue weighted by molar-refractivity contribution is 7.98. The Kier molecular flexibility index (Phi) is 5.32. The van der Waals surface area contributed by atoms with Crippen LogP contribution in [0.3, 0.4) is 0 Å². The third-order valence-corrected chi connectivity index (χ3v) is 4.34. The summed E-state index contributed by atoms with van der Waals surface area (Å²) in [6, 6.07) is 7.97. The SMILES string of the molecule is CSc1cccc(Nc2c(Cl)cc(F)cc2Cl)c1C(N)=S. The second kappa shape index (κ2) is 6.83. The number of anilines is 2. The standard InChI is InChI=1S/C14H11Cl2FN2S2/c1-21-11-4-2-3-10(12(11)14(18)20)19-13-8(15)5-7(17)6-9(13)16/h2-6,19H,1H3,(H2,18,20). The van der Waals surface area contributed by atoms with E-state index in [-0.39, 0.29) is 15.0 Å². The van der Waals surface area contributed by atoms with Crippen LogP contribution in [0.15, 0.2) is 35.2 Å². The molecule has 2 aromatic rings. The van der Waals surface area contributed by atoms with Crippen LogP contribution in [0, 0.1) is 5.82 Å². The number of hydrogen-bond donors (Lipinski definition) is 2. The molecule has 0 aliphatic rings. The summed E-state index contributed by atoms with van der Waals surface area (Å²) in [4.78, 5) is 1.19. The molecule has 3 N–H and O–H groups in total. The van der Waals surface area contributed by atoms with Gasteiger partial charge in [0, 0.05) is 16.1 Å². The average Bonchev–Trinajstić information content (AvgIpc) is 2.42. The quantitative estimate of drug-likeness (QED) is 0.578. The first-order valence-corrected chi connectivity index (χ1v) is 8.21. The maximum Gasteiger partial charge on any atom is 0.126 e. The fourth-order valence-electron chi connectivity index (χ4n) is 1.86. The molecule has 21 heavy (non-hydrogen) atoms. The van der Waals surface area contributed by atoms with Gasteiger partial charge in [-0.15, -0.1) is 11.8 Å². The van der Waals surface area contributed by atoms with Crippen LogP contribution in [0.5, 0.6) is 0 Å². The van der Waals surface area contributed by atoms with Gasteiger partial charge in [0.15, 0.2) is 0 Å². The molecule has 0 aliphatic heterocycles. The number of nitrogens with one attached hydrogen (secondary N) is 1. The van der Waals surface area contributed by atoms with Crippen molar-refractivity contribution in [3.63, 3.8) is 0 Å². The van der Waals surface area contributed by atoms with Gasteiger partial charge < -0.3 is 11.1 Å². The van der Waals surface area contributed by atoms with Crippen molar-refractivity contribution in [2.24, 2.45) is 5.73 Å². The third-order valence-electron chi connectivity index (χ3n) is 2.76. The van der Waals surface area contributed by atoms with Gasteiger partial charge in [-0.05, 0) is 30.5 Å². The van der Waals surface area contributed by atoms with Crippen LogP contribution in [-0.4, -0.2) is 11.2 Å². The largest absolute Gasteiger partial charge is 0.389 e. The molecule has 0 aromatic heterocycles. The van der Waals surface area contributed by atoms with Gasteiger partial charge in [-0.2, -0.15) is 0 Å². The van der Waals surface area contributed by atoms with Crippen LogP contribution in [-0.2, 0) is 0 Å². The monoisotopic (exact) mass is 360 g/mol. The van der Waals surface area contributed by atoms with E-state index in [2.05, 4.69) is 5.32 Å². The number of benzene rings is 2. The minimum Gasteiger partial charge on any atom is -0.389 e. The first-order chi connectivity index (χ1) is 9.93. The maximum absolute atomic E-state index is 13.2. The molecular formula is C14H11Cl2FN2S2. The van der Waals surface area contributed by atoms with Crippen LogP contribution in [0.25, 0.3) is 0 Å². The molecule has 2 nitrogen and oxygen atoms in total. The zero-order valence-electron chi connectivity index (χ0n) is 10.9. The fraction of sp³-hybridized carbons (Fsp3) is 0.0714. The lowest BCUT2D eigenvalue weighted by Gasteiger charge is -2.16. The van der Waals surface area contributed by atoms with Gasteiger partial charge in [-0.3, -0.25) is 0 Å². The van der Waals surface area contributed by atoms with Crippen LogP contribution in [0.2, 0.25) is 10.0 Å². The molecule has 0 aliphatic carbocycles. The van der Waals surface area contributed by atoms with E-state index in [1.807, 2.05) is 24.5 Å². The van der Waals surface area contributed by atoms with Crippen molar-refractivity contribution in [2.75, 3.05) is 11.6 Å². The summed E-state index contributed by atoms with van der Waals surface area (Å²) in [7, 11) is 0. The highest BCUT2D eigenvalue weighted by atomic mass is 35.5. The van der Waals surface area contributed by atoms with Gasteiger partial charge in [0.05, 0.1) is 15.7 Å². The number of thiocarbonyl (C=S) groups is 1. The van der Waals surface area contributed by atoms with Crippen LogP contribution >= 0.6 is 47.2 Å². The lowest BCUT2D eigenvalue weighted by Crippen LogP contribution is -2.13. The minimum atomic E-state index is -0.497. The molecule has 0 saturated carbocycles. The highest BCUT2D eigenvalue weighted by Gasteiger charge is 2.14. The zero-order valence-corrected chi connectivity index (χ0v) is 14.1. The van der Waals surface area contributed by atoms with E-state index in [1.165, 1.54) is 23.9 Å². The van der Waals surface area contributed by atoms with E-state index >= 15 is 0 Å². The Bertz CT molecular complexity index is 684. The zero-order chi connectivity index (χ0) is 15.6. The first kappa shape index (κ1) is 16.4. The van der Waals surface area contributed by atoms with Gasteiger partial charge in [0.1, 0.15) is 10.8 Å². The Morgan fingerprint density at radius 1 is 1.29 bits per heavy atom. The number of rotatable bonds is 4. The minimum absolute atomic E-state index is 0.184. The van der Waals surface area contributed by atoms with Crippen molar-refractivity contribution in [3.05, 3.63) is 51.8 Å². The van der Waals surface area contributed by atoms with Crippen molar-refractivity contribution in [1.29, 1.82) is 0 Å². The Hall–Kier alpha value is -1.01. The van der Waals surface area contributed by atoms with Crippen molar-refractivity contribution < 1.29 is 4.39 Å². The van der Waals surface area contributed by atoms with E-state index in [4.69, 9.17) is 41.2 Å².